The lowest BCUT2D eigenvalue weighted by Crippen LogP contribution is -2.49. The van der Waals surface area contributed by atoms with Crippen LogP contribution in [0.25, 0.3) is 0 Å². The molecule has 6 heteroatoms. The standard InChI is InChI=1S/C10H12Cl6/c11-2-9(3-12)5-1-6(14)10(9,4-13)8(16)7(5)15/h5-8H,1-4H2/t5-,6+,7-,8+,10+/m0/s1. The lowest BCUT2D eigenvalue weighted by molar-refractivity contribution is 0.170. The van der Waals surface area contributed by atoms with Gasteiger partial charge in [-0.25, -0.2) is 0 Å². The molecule has 0 nitrogen and oxygen atoms in total. The molecule has 0 amide bonds. The molecule has 2 rings (SSSR count). The molecule has 2 bridgehead atoms. The van der Waals surface area contributed by atoms with E-state index in [1.165, 1.54) is 0 Å². The molecule has 0 aromatic heterocycles. The third kappa shape index (κ3) is 1.38. The second kappa shape index (κ2) is 4.69. The lowest BCUT2D eigenvalue weighted by atomic mass is 9.70. The summed E-state index contributed by atoms with van der Waals surface area (Å²) in [7, 11) is 0. The summed E-state index contributed by atoms with van der Waals surface area (Å²) in [6.07, 6.45) is 0.797. The van der Waals surface area contributed by atoms with Crippen LogP contribution >= 0.6 is 69.6 Å². The van der Waals surface area contributed by atoms with Gasteiger partial charge in [0.25, 0.3) is 0 Å². The van der Waals surface area contributed by atoms with Crippen molar-refractivity contribution in [2.75, 3.05) is 17.6 Å². The molecule has 0 aromatic rings. The summed E-state index contributed by atoms with van der Waals surface area (Å²) in [5.41, 5.74) is -0.776. The van der Waals surface area contributed by atoms with Gasteiger partial charge >= 0.3 is 0 Å². The number of halogens is 6. The first-order valence-corrected chi connectivity index (χ1v) is 8.03. The average molecular weight is 345 g/mol. The van der Waals surface area contributed by atoms with E-state index in [0.29, 0.717) is 17.6 Å². The molecule has 16 heavy (non-hydrogen) atoms. The zero-order valence-electron chi connectivity index (χ0n) is 8.41. The first-order valence-electron chi connectivity index (χ1n) is 5.12. The molecule has 94 valence electrons. The van der Waals surface area contributed by atoms with E-state index in [4.69, 9.17) is 69.6 Å². The van der Waals surface area contributed by atoms with E-state index in [9.17, 15) is 0 Å². The Labute approximate surface area is 126 Å². The fourth-order valence-electron chi connectivity index (χ4n) is 3.46. The minimum Gasteiger partial charge on any atom is -0.126 e. The maximum Gasteiger partial charge on any atom is 0.0590 e. The number of alkyl halides is 6. The van der Waals surface area contributed by atoms with Crippen LogP contribution in [0.4, 0.5) is 0 Å². The van der Waals surface area contributed by atoms with E-state index < -0.39 is 5.41 Å². The highest BCUT2D eigenvalue weighted by Crippen LogP contribution is 2.71. The minimum absolute atomic E-state index is 0.0926. The molecule has 5 atom stereocenters. The fraction of sp³-hybridized carbons (Fsp3) is 1.00. The first kappa shape index (κ1) is 14.2. The molecule has 0 unspecified atom stereocenters. The van der Waals surface area contributed by atoms with Gasteiger partial charge in [-0.05, 0) is 12.3 Å². The van der Waals surface area contributed by atoms with Crippen LogP contribution in [0.5, 0.6) is 0 Å². The topological polar surface area (TPSA) is 0 Å². The number of rotatable bonds is 3. The number of fused-ring (bicyclic) bond motifs is 2. The summed E-state index contributed by atoms with van der Waals surface area (Å²) in [6, 6.07) is 0. The molecule has 0 spiro atoms. The summed E-state index contributed by atoms with van der Waals surface area (Å²) in [5.74, 6) is 1.33. The monoisotopic (exact) mass is 342 g/mol. The smallest absolute Gasteiger partial charge is 0.0590 e. The highest BCUT2D eigenvalue weighted by atomic mass is 35.5. The molecule has 0 N–H and O–H groups in total. The van der Waals surface area contributed by atoms with Crippen LogP contribution < -0.4 is 0 Å². The molecule has 0 aliphatic heterocycles. The summed E-state index contributed by atoms with van der Waals surface area (Å²) >= 11 is 37.6. The Bertz CT molecular complexity index is 278. The van der Waals surface area contributed by atoms with Crippen LogP contribution in [-0.2, 0) is 0 Å². The van der Waals surface area contributed by atoms with Crippen LogP contribution in [0, 0.1) is 16.7 Å². The first-order chi connectivity index (χ1) is 7.51. The van der Waals surface area contributed by atoms with Crippen LogP contribution in [0.15, 0.2) is 0 Å². The molecule has 2 saturated carbocycles. The van der Waals surface area contributed by atoms with E-state index >= 15 is 0 Å². The highest BCUT2D eigenvalue weighted by Gasteiger charge is 2.74. The minimum atomic E-state index is -0.446. The predicted octanol–water partition coefficient (Wildman–Crippen LogP) is 4.53. The van der Waals surface area contributed by atoms with Crippen molar-refractivity contribution in [1.82, 2.24) is 0 Å². The van der Waals surface area contributed by atoms with E-state index in [0.717, 1.165) is 6.42 Å². The van der Waals surface area contributed by atoms with Gasteiger partial charge in [0.1, 0.15) is 0 Å². The Kier molecular flexibility index (Phi) is 4.15. The number of hydrogen-bond acceptors (Lipinski definition) is 0. The van der Waals surface area contributed by atoms with Gasteiger partial charge < -0.3 is 0 Å². The fourth-order valence-corrected chi connectivity index (χ4v) is 7.29. The molecular formula is C10H12Cl6. The highest BCUT2D eigenvalue weighted by molar-refractivity contribution is 6.34. The number of hydrogen-bond donors (Lipinski definition) is 0. The molecule has 2 aliphatic rings. The van der Waals surface area contributed by atoms with Crippen molar-refractivity contribution in [3.05, 3.63) is 0 Å². The van der Waals surface area contributed by atoms with Gasteiger partial charge in [-0.15, -0.1) is 69.6 Å². The van der Waals surface area contributed by atoms with Crippen molar-refractivity contribution >= 4 is 69.6 Å². The lowest BCUT2D eigenvalue weighted by Gasteiger charge is -2.43. The Balaban J connectivity index is 2.54. The second-order valence-corrected chi connectivity index (χ2v) is 7.06. The molecule has 0 heterocycles. The van der Waals surface area contributed by atoms with E-state index in [1.807, 2.05) is 0 Å². The Morgan fingerprint density at radius 3 is 1.88 bits per heavy atom. The quantitative estimate of drug-likeness (QED) is 0.660. The van der Waals surface area contributed by atoms with Gasteiger partial charge in [0, 0.05) is 33.8 Å². The second-order valence-electron chi connectivity index (χ2n) is 4.75. The summed E-state index contributed by atoms with van der Waals surface area (Å²) in [5, 5.41) is -0.497. The Hall–Kier alpha value is 1.74. The van der Waals surface area contributed by atoms with Gasteiger partial charge in [-0.2, -0.15) is 0 Å². The third-order valence-electron chi connectivity index (χ3n) is 4.51. The maximum atomic E-state index is 6.43. The Morgan fingerprint density at radius 2 is 1.50 bits per heavy atom. The third-order valence-corrected chi connectivity index (χ3v) is 7.82. The van der Waals surface area contributed by atoms with Crippen molar-refractivity contribution in [1.29, 1.82) is 0 Å². The van der Waals surface area contributed by atoms with Crippen molar-refractivity contribution < 1.29 is 0 Å². The van der Waals surface area contributed by atoms with Crippen LogP contribution in [0.1, 0.15) is 6.42 Å². The Morgan fingerprint density at radius 1 is 0.938 bits per heavy atom. The van der Waals surface area contributed by atoms with E-state index in [-0.39, 0.29) is 27.5 Å². The molecule has 2 aliphatic carbocycles. The van der Waals surface area contributed by atoms with Crippen molar-refractivity contribution in [2.24, 2.45) is 16.7 Å². The molecule has 0 aromatic carbocycles. The SMILES string of the molecule is ClCC1(CCl)[C@H]2C[C@@H](Cl)[C@]1(CCl)[C@H](Cl)[C@H]2Cl. The van der Waals surface area contributed by atoms with Crippen LogP contribution in [-0.4, -0.2) is 33.8 Å². The molecule has 0 radical (unpaired) electrons. The zero-order chi connectivity index (χ0) is 12.1. The van der Waals surface area contributed by atoms with Gasteiger partial charge in [-0.3, -0.25) is 0 Å². The predicted molar refractivity (Wildman–Crippen MR) is 74.1 cm³/mol. The molecule has 2 fully saturated rings. The van der Waals surface area contributed by atoms with Crippen LogP contribution in [0.3, 0.4) is 0 Å². The van der Waals surface area contributed by atoms with Gasteiger partial charge in [0.15, 0.2) is 0 Å². The summed E-state index contributed by atoms with van der Waals surface area (Å²) in [6.45, 7) is 0. The average Bonchev–Trinajstić information content (AvgIpc) is 2.65. The van der Waals surface area contributed by atoms with Crippen molar-refractivity contribution in [3.8, 4) is 0 Å². The summed E-state index contributed by atoms with van der Waals surface area (Å²) < 4.78 is 0. The normalized spacial score (nSPS) is 49.9. The largest absolute Gasteiger partial charge is 0.126 e. The van der Waals surface area contributed by atoms with Crippen molar-refractivity contribution in [2.45, 2.75) is 22.6 Å². The van der Waals surface area contributed by atoms with E-state index in [1.54, 1.807) is 0 Å². The zero-order valence-corrected chi connectivity index (χ0v) is 12.9. The maximum absolute atomic E-state index is 6.43. The van der Waals surface area contributed by atoms with Gasteiger partial charge in [-0.1, -0.05) is 0 Å². The van der Waals surface area contributed by atoms with Gasteiger partial charge in [0.2, 0.25) is 0 Å². The molecular weight excluding hydrogens is 333 g/mol. The molecule has 0 saturated heterocycles. The van der Waals surface area contributed by atoms with Crippen LogP contribution in [0.2, 0.25) is 0 Å². The van der Waals surface area contributed by atoms with E-state index in [2.05, 4.69) is 0 Å². The van der Waals surface area contributed by atoms with Gasteiger partial charge in [0.05, 0.1) is 10.8 Å². The summed E-state index contributed by atoms with van der Waals surface area (Å²) in [4.78, 5) is 0. The van der Waals surface area contributed by atoms with Crippen molar-refractivity contribution in [3.63, 3.8) is 0 Å².